The van der Waals surface area contributed by atoms with Crippen molar-refractivity contribution in [2.75, 3.05) is 82.3 Å². The number of hydrogen-bond donors (Lipinski definition) is 2. The average Bonchev–Trinajstić information content (AvgIpc) is 2.96. The van der Waals surface area contributed by atoms with Crippen molar-refractivity contribution in [1.82, 2.24) is 19.8 Å². The minimum atomic E-state index is -2.54. The molecule has 0 spiro atoms. The second kappa shape index (κ2) is 12.8. The average molecular weight is 612 g/mol. The lowest BCUT2D eigenvalue weighted by atomic mass is 10.0. The first kappa shape index (κ1) is 30.6. The number of methoxy groups -OCH3 is 1. The van der Waals surface area contributed by atoms with Gasteiger partial charge in [0.15, 0.2) is 5.82 Å². The summed E-state index contributed by atoms with van der Waals surface area (Å²) in [5.74, 6) is 1.54. The lowest BCUT2D eigenvalue weighted by Gasteiger charge is -2.43. The predicted octanol–water partition coefficient (Wildman–Crippen LogP) is 5.71. The van der Waals surface area contributed by atoms with Crippen LogP contribution in [0.15, 0.2) is 36.5 Å². The maximum atomic E-state index is 13.0. The minimum absolute atomic E-state index is 0.368. The van der Waals surface area contributed by atoms with Gasteiger partial charge in [-0.25, -0.2) is 4.98 Å². The first-order chi connectivity index (χ1) is 20.0. The molecule has 9 nitrogen and oxygen atoms in total. The first-order valence-corrected chi connectivity index (χ1v) is 17.6. The summed E-state index contributed by atoms with van der Waals surface area (Å²) in [6.45, 7) is 14.4. The van der Waals surface area contributed by atoms with E-state index in [1.54, 1.807) is 26.6 Å². The van der Waals surface area contributed by atoms with Crippen molar-refractivity contribution >= 4 is 52.9 Å². The zero-order chi connectivity index (χ0) is 30.0. The van der Waals surface area contributed by atoms with Crippen LogP contribution in [0.5, 0.6) is 5.75 Å². The van der Waals surface area contributed by atoms with E-state index in [9.17, 15) is 4.57 Å². The quantitative estimate of drug-likeness (QED) is 0.311. The van der Waals surface area contributed by atoms with Crippen molar-refractivity contribution in [3.63, 3.8) is 0 Å². The zero-order valence-electron chi connectivity index (χ0n) is 25.6. The maximum Gasteiger partial charge on any atom is 0.229 e. The summed E-state index contributed by atoms with van der Waals surface area (Å²) < 4.78 is 18.8. The van der Waals surface area contributed by atoms with Crippen LogP contribution in [0, 0.1) is 13.8 Å². The van der Waals surface area contributed by atoms with Crippen molar-refractivity contribution in [3.8, 4) is 5.75 Å². The summed E-state index contributed by atoms with van der Waals surface area (Å²) in [6, 6.07) is 10.7. The molecule has 1 aromatic heterocycles. The zero-order valence-corrected chi connectivity index (χ0v) is 27.2. The van der Waals surface area contributed by atoms with Gasteiger partial charge in [0.05, 0.1) is 24.7 Å². The van der Waals surface area contributed by atoms with E-state index in [0.717, 1.165) is 59.7 Å². The number of aromatic nitrogens is 2. The smallest absolute Gasteiger partial charge is 0.229 e. The number of nitrogens with zero attached hydrogens (tertiary/aromatic N) is 5. The normalized spacial score (nSPS) is 17.4. The lowest BCUT2D eigenvalue weighted by Crippen LogP contribution is -2.52. The van der Waals surface area contributed by atoms with Crippen LogP contribution in [0.1, 0.15) is 24.0 Å². The van der Waals surface area contributed by atoms with Gasteiger partial charge in [-0.05, 0) is 70.8 Å². The van der Waals surface area contributed by atoms with Gasteiger partial charge < -0.3 is 29.7 Å². The molecule has 5 rings (SSSR count). The molecule has 0 amide bonds. The van der Waals surface area contributed by atoms with Gasteiger partial charge in [0.2, 0.25) is 5.95 Å². The molecule has 0 saturated carbocycles. The van der Waals surface area contributed by atoms with Crippen LogP contribution in [0.4, 0.5) is 28.8 Å². The molecular formula is C31H43ClN7O2P. The number of ether oxygens (including phenoxy) is 1. The Morgan fingerprint density at radius 3 is 2.36 bits per heavy atom. The molecule has 2 N–H and O–H groups in total. The van der Waals surface area contributed by atoms with Crippen molar-refractivity contribution in [2.24, 2.45) is 0 Å². The Hall–Kier alpha value is -2.84. The minimum Gasteiger partial charge on any atom is -0.494 e. The van der Waals surface area contributed by atoms with E-state index in [4.69, 9.17) is 16.3 Å². The number of piperazine rings is 1. The molecular weight excluding hydrogens is 569 g/mol. The SMILES string of the molecule is COc1cc(N2CCC(N3CCN(C)CC3)CC2)c(C)cc1Nc1ncc(Cl)c(Nc2ccc(C)cc2P(C)(C)=O)n1. The van der Waals surface area contributed by atoms with E-state index in [-0.39, 0.29) is 0 Å². The molecule has 11 heteroatoms. The fraction of sp³-hybridized carbons (Fsp3) is 0.484. The number of nitrogens with one attached hydrogen (secondary N) is 2. The number of anilines is 5. The second-order valence-corrected chi connectivity index (χ2v) is 15.5. The van der Waals surface area contributed by atoms with Gasteiger partial charge in [0.25, 0.3) is 0 Å². The molecule has 3 aromatic rings. The maximum absolute atomic E-state index is 13.0. The molecule has 2 aliphatic rings. The van der Waals surface area contributed by atoms with Crippen LogP contribution in [-0.2, 0) is 4.57 Å². The van der Waals surface area contributed by atoms with E-state index in [0.29, 0.717) is 22.8 Å². The highest BCUT2D eigenvalue weighted by Crippen LogP contribution is 2.40. The van der Waals surface area contributed by atoms with E-state index in [1.165, 1.54) is 31.6 Å². The highest BCUT2D eigenvalue weighted by molar-refractivity contribution is 7.70. The molecule has 226 valence electrons. The van der Waals surface area contributed by atoms with Crippen molar-refractivity contribution in [2.45, 2.75) is 32.7 Å². The molecule has 2 aromatic carbocycles. The summed E-state index contributed by atoms with van der Waals surface area (Å²) in [4.78, 5) is 16.6. The third-order valence-electron chi connectivity index (χ3n) is 8.35. The third kappa shape index (κ3) is 7.03. The molecule has 2 saturated heterocycles. The fourth-order valence-electron chi connectivity index (χ4n) is 5.90. The largest absolute Gasteiger partial charge is 0.494 e. The fourth-order valence-corrected chi connectivity index (χ4v) is 7.26. The van der Waals surface area contributed by atoms with E-state index < -0.39 is 7.14 Å². The summed E-state index contributed by atoms with van der Waals surface area (Å²) in [5.41, 5.74) is 4.90. The molecule has 0 bridgehead atoms. The van der Waals surface area contributed by atoms with Gasteiger partial charge in [-0.15, -0.1) is 0 Å². The molecule has 0 radical (unpaired) electrons. The summed E-state index contributed by atoms with van der Waals surface area (Å²) >= 11 is 6.48. The van der Waals surface area contributed by atoms with Gasteiger partial charge in [0, 0.05) is 62.4 Å². The number of halogens is 1. The molecule has 0 atom stereocenters. The van der Waals surface area contributed by atoms with Crippen LogP contribution in [0.3, 0.4) is 0 Å². The Morgan fingerprint density at radius 1 is 0.976 bits per heavy atom. The molecule has 2 fully saturated rings. The number of piperidine rings is 1. The summed E-state index contributed by atoms with van der Waals surface area (Å²) in [7, 11) is 1.36. The van der Waals surface area contributed by atoms with E-state index in [2.05, 4.69) is 61.4 Å². The van der Waals surface area contributed by atoms with Crippen LogP contribution < -0.4 is 25.6 Å². The standard InChI is InChI=1S/C31H43ClN7O2P/c1-21-7-8-25(29(17-21)42(5,6)40)34-30-24(32)20-33-31(36-30)35-26-18-22(2)27(19-28(26)41-4)39-11-9-23(10-12-39)38-15-13-37(3)14-16-38/h7-8,17-20,23H,9-16H2,1-6H3,(H2,33,34,35,36). The number of aryl methyl sites for hydroxylation is 2. The molecule has 3 heterocycles. The third-order valence-corrected chi connectivity index (χ3v) is 10.2. The Bertz CT molecular complexity index is 1460. The predicted molar refractivity (Wildman–Crippen MR) is 176 cm³/mol. The Kier molecular flexibility index (Phi) is 9.33. The summed E-state index contributed by atoms with van der Waals surface area (Å²) in [6.07, 6.45) is 3.91. The van der Waals surface area contributed by atoms with Gasteiger partial charge in [0.1, 0.15) is 17.9 Å². The molecule has 0 unspecified atom stereocenters. The second-order valence-electron chi connectivity index (χ2n) is 11.9. The van der Waals surface area contributed by atoms with Crippen molar-refractivity contribution in [3.05, 3.63) is 52.7 Å². The highest BCUT2D eigenvalue weighted by Gasteiger charge is 2.28. The number of likely N-dealkylation sites (N-methyl/N-ethyl adjacent to an activating group) is 1. The number of benzene rings is 2. The number of rotatable bonds is 8. The summed E-state index contributed by atoms with van der Waals surface area (Å²) in [5, 5.41) is 7.73. The van der Waals surface area contributed by atoms with Crippen LogP contribution in [-0.4, -0.2) is 92.6 Å². The van der Waals surface area contributed by atoms with Crippen LogP contribution in [0.25, 0.3) is 0 Å². The van der Waals surface area contributed by atoms with Gasteiger partial charge in [-0.1, -0.05) is 23.2 Å². The number of hydrogen-bond acceptors (Lipinski definition) is 9. The van der Waals surface area contributed by atoms with Gasteiger partial charge in [-0.3, -0.25) is 4.90 Å². The van der Waals surface area contributed by atoms with Crippen LogP contribution >= 0.6 is 18.7 Å². The highest BCUT2D eigenvalue weighted by atomic mass is 35.5. The van der Waals surface area contributed by atoms with Gasteiger partial charge in [-0.2, -0.15) is 4.98 Å². The Morgan fingerprint density at radius 2 is 1.69 bits per heavy atom. The molecule has 42 heavy (non-hydrogen) atoms. The Balaban J connectivity index is 1.31. The molecule has 2 aliphatic heterocycles. The monoisotopic (exact) mass is 611 g/mol. The first-order valence-electron chi connectivity index (χ1n) is 14.6. The van der Waals surface area contributed by atoms with Crippen molar-refractivity contribution < 1.29 is 9.30 Å². The molecule has 0 aliphatic carbocycles. The Labute approximate surface area is 255 Å². The van der Waals surface area contributed by atoms with Crippen molar-refractivity contribution in [1.29, 1.82) is 0 Å². The van der Waals surface area contributed by atoms with E-state index >= 15 is 0 Å². The van der Waals surface area contributed by atoms with E-state index in [1.807, 2.05) is 25.1 Å². The van der Waals surface area contributed by atoms with Crippen LogP contribution in [0.2, 0.25) is 5.02 Å². The lowest BCUT2D eigenvalue weighted by molar-refractivity contribution is 0.0982. The van der Waals surface area contributed by atoms with Gasteiger partial charge >= 0.3 is 0 Å². The topological polar surface area (TPSA) is 85.9 Å².